The number of hydrogen-bond acceptors (Lipinski definition) is 1. The molecular formula is C14H9ClF2O2. The van der Waals surface area contributed by atoms with Gasteiger partial charge in [0.05, 0.1) is 6.42 Å². The molecule has 2 rings (SSSR count). The van der Waals surface area contributed by atoms with Crippen LogP contribution in [0.5, 0.6) is 0 Å². The monoisotopic (exact) mass is 282 g/mol. The van der Waals surface area contributed by atoms with Gasteiger partial charge in [-0.2, -0.15) is 0 Å². The second-order valence-electron chi connectivity index (χ2n) is 4.01. The van der Waals surface area contributed by atoms with Gasteiger partial charge in [-0.05, 0) is 29.3 Å². The van der Waals surface area contributed by atoms with Crippen LogP contribution in [-0.2, 0) is 11.2 Å². The minimum absolute atomic E-state index is 0.141. The van der Waals surface area contributed by atoms with Gasteiger partial charge in [0.1, 0.15) is 0 Å². The van der Waals surface area contributed by atoms with Crippen molar-refractivity contribution < 1.29 is 18.7 Å². The molecule has 5 heteroatoms. The van der Waals surface area contributed by atoms with E-state index in [-0.39, 0.29) is 6.42 Å². The van der Waals surface area contributed by atoms with Crippen LogP contribution < -0.4 is 0 Å². The molecular weight excluding hydrogens is 274 g/mol. The third-order valence-corrected chi connectivity index (χ3v) is 2.93. The molecule has 0 saturated carbocycles. The largest absolute Gasteiger partial charge is 0.481 e. The number of rotatable bonds is 3. The Labute approximate surface area is 113 Å². The van der Waals surface area contributed by atoms with Crippen LogP contribution in [0.3, 0.4) is 0 Å². The Morgan fingerprint density at radius 2 is 1.84 bits per heavy atom. The van der Waals surface area contributed by atoms with Crippen molar-refractivity contribution >= 4 is 17.6 Å². The molecule has 0 heterocycles. The van der Waals surface area contributed by atoms with Crippen molar-refractivity contribution in [2.75, 3.05) is 0 Å². The molecule has 0 amide bonds. The lowest BCUT2D eigenvalue weighted by Gasteiger charge is -2.07. The van der Waals surface area contributed by atoms with E-state index >= 15 is 0 Å². The summed E-state index contributed by atoms with van der Waals surface area (Å²) in [6.45, 7) is 0. The van der Waals surface area contributed by atoms with E-state index in [2.05, 4.69) is 0 Å². The van der Waals surface area contributed by atoms with E-state index in [1.807, 2.05) is 0 Å². The number of carboxylic acid groups (broad SMARTS) is 1. The summed E-state index contributed by atoms with van der Waals surface area (Å²) >= 11 is 6.03. The normalized spacial score (nSPS) is 10.5. The van der Waals surface area contributed by atoms with Crippen molar-refractivity contribution in [2.24, 2.45) is 0 Å². The minimum atomic E-state index is -0.961. The maximum atomic E-state index is 13.2. The highest BCUT2D eigenvalue weighted by molar-refractivity contribution is 6.33. The lowest BCUT2D eigenvalue weighted by molar-refractivity contribution is -0.136. The summed E-state index contributed by atoms with van der Waals surface area (Å²) < 4.78 is 26.0. The zero-order valence-electron chi connectivity index (χ0n) is 9.66. The Morgan fingerprint density at radius 3 is 2.42 bits per heavy atom. The summed E-state index contributed by atoms with van der Waals surface area (Å²) in [6, 6.07) is 8.17. The highest BCUT2D eigenvalue weighted by atomic mass is 35.5. The third kappa shape index (κ3) is 3.09. The van der Waals surface area contributed by atoms with Crippen LogP contribution in [0.2, 0.25) is 5.02 Å². The van der Waals surface area contributed by atoms with E-state index in [4.69, 9.17) is 16.7 Å². The van der Waals surface area contributed by atoms with Gasteiger partial charge >= 0.3 is 5.97 Å². The molecule has 0 aliphatic heterocycles. The van der Waals surface area contributed by atoms with Gasteiger partial charge in [-0.15, -0.1) is 0 Å². The maximum absolute atomic E-state index is 13.2. The predicted octanol–water partition coefficient (Wildman–Crippen LogP) is 3.91. The summed E-state index contributed by atoms with van der Waals surface area (Å²) in [4.78, 5) is 10.6. The van der Waals surface area contributed by atoms with Crippen molar-refractivity contribution in [1.82, 2.24) is 0 Å². The maximum Gasteiger partial charge on any atom is 0.307 e. The molecule has 19 heavy (non-hydrogen) atoms. The zero-order valence-corrected chi connectivity index (χ0v) is 10.4. The highest BCUT2D eigenvalue weighted by Gasteiger charge is 2.09. The van der Waals surface area contributed by atoms with Crippen LogP contribution in [-0.4, -0.2) is 11.1 Å². The fourth-order valence-electron chi connectivity index (χ4n) is 1.74. The van der Waals surface area contributed by atoms with Crippen LogP contribution in [0.4, 0.5) is 8.78 Å². The van der Waals surface area contributed by atoms with Crippen molar-refractivity contribution in [2.45, 2.75) is 6.42 Å². The first-order valence-electron chi connectivity index (χ1n) is 5.43. The van der Waals surface area contributed by atoms with Crippen molar-refractivity contribution in [3.8, 4) is 11.1 Å². The first-order chi connectivity index (χ1) is 8.97. The standard InChI is InChI=1S/C14H9ClF2O2/c15-11-5-8(6-14(18)19)1-3-10(11)9-2-4-12(16)13(17)7-9/h1-5,7H,6H2,(H,18,19). The van der Waals surface area contributed by atoms with Crippen molar-refractivity contribution in [3.05, 3.63) is 58.6 Å². The fourth-order valence-corrected chi connectivity index (χ4v) is 2.05. The Kier molecular flexibility index (Phi) is 3.81. The number of aliphatic carboxylic acids is 1. The molecule has 0 aromatic heterocycles. The van der Waals surface area contributed by atoms with Crippen LogP contribution >= 0.6 is 11.6 Å². The Morgan fingerprint density at radius 1 is 1.11 bits per heavy atom. The lowest BCUT2D eigenvalue weighted by Crippen LogP contribution is -1.99. The van der Waals surface area contributed by atoms with Gasteiger partial charge in [0, 0.05) is 10.6 Å². The van der Waals surface area contributed by atoms with Crippen molar-refractivity contribution in [3.63, 3.8) is 0 Å². The first-order valence-corrected chi connectivity index (χ1v) is 5.81. The summed E-state index contributed by atoms with van der Waals surface area (Å²) in [6.07, 6.45) is -0.141. The van der Waals surface area contributed by atoms with Gasteiger partial charge in [0.2, 0.25) is 0 Å². The molecule has 2 aromatic carbocycles. The minimum Gasteiger partial charge on any atom is -0.481 e. The van der Waals surface area contributed by atoms with E-state index in [0.29, 0.717) is 21.7 Å². The number of hydrogen-bond donors (Lipinski definition) is 1. The quantitative estimate of drug-likeness (QED) is 0.926. The average molecular weight is 283 g/mol. The van der Waals surface area contributed by atoms with Crippen LogP contribution in [0.25, 0.3) is 11.1 Å². The molecule has 0 unspecified atom stereocenters. The number of carboxylic acids is 1. The van der Waals surface area contributed by atoms with Gasteiger partial charge in [-0.1, -0.05) is 29.8 Å². The van der Waals surface area contributed by atoms with Gasteiger partial charge < -0.3 is 5.11 Å². The Hall–Kier alpha value is -1.94. The summed E-state index contributed by atoms with van der Waals surface area (Å²) in [7, 11) is 0. The van der Waals surface area contributed by atoms with Crippen LogP contribution in [0.1, 0.15) is 5.56 Å². The first kappa shape index (κ1) is 13.5. The topological polar surface area (TPSA) is 37.3 Å². The van der Waals surface area contributed by atoms with E-state index in [1.54, 1.807) is 12.1 Å². The second-order valence-corrected chi connectivity index (χ2v) is 4.42. The van der Waals surface area contributed by atoms with Gasteiger partial charge in [-0.25, -0.2) is 8.78 Å². The summed E-state index contributed by atoms with van der Waals surface area (Å²) in [5, 5.41) is 8.97. The van der Waals surface area contributed by atoms with Crippen LogP contribution in [0, 0.1) is 11.6 Å². The molecule has 0 radical (unpaired) electrons. The molecule has 1 N–H and O–H groups in total. The van der Waals surface area contributed by atoms with Gasteiger partial charge in [-0.3, -0.25) is 4.79 Å². The molecule has 0 fully saturated rings. The number of halogens is 3. The fraction of sp³-hybridized carbons (Fsp3) is 0.0714. The van der Waals surface area contributed by atoms with E-state index in [9.17, 15) is 13.6 Å². The molecule has 2 nitrogen and oxygen atoms in total. The summed E-state index contributed by atoms with van der Waals surface area (Å²) in [5.41, 5.74) is 1.50. The van der Waals surface area contributed by atoms with Crippen molar-refractivity contribution in [1.29, 1.82) is 0 Å². The predicted molar refractivity (Wildman–Crippen MR) is 68.1 cm³/mol. The number of carbonyl (C=O) groups is 1. The average Bonchev–Trinajstić information content (AvgIpc) is 2.32. The van der Waals surface area contributed by atoms with E-state index in [0.717, 1.165) is 12.1 Å². The van der Waals surface area contributed by atoms with Gasteiger partial charge in [0.15, 0.2) is 11.6 Å². The molecule has 0 spiro atoms. The molecule has 0 aliphatic rings. The SMILES string of the molecule is O=C(O)Cc1ccc(-c2ccc(F)c(F)c2)c(Cl)c1. The molecule has 2 aromatic rings. The van der Waals surface area contributed by atoms with E-state index < -0.39 is 17.6 Å². The highest BCUT2D eigenvalue weighted by Crippen LogP contribution is 2.29. The Balaban J connectivity index is 2.40. The zero-order chi connectivity index (χ0) is 14.0. The second kappa shape index (κ2) is 5.36. The smallest absolute Gasteiger partial charge is 0.307 e. The lowest BCUT2D eigenvalue weighted by atomic mass is 10.0. The van der Waals surface area contributed by atoms with Gasteiger partial charge in [0.25, 0.3) is 0 Å². The number of benzene rings is 2. The molecule has 0 bridgehead atoms. The molecule has 98 valence electrons. The third-order valence-electron chi connectivity index (χ3n) is 2.62. The summed E-state index contributed by atoms with van der Waals surface area (Å²) in [5.74, 6) is -2.85. The molecule has 0 saturated heterocycles. The molecule has 0 atom stereocenters. The Bertz CT molecular complexity index is 641. The van der Waals surface area contributed by atoms with E-state index in [1.165, 1.54) is 12.1 Å². The molecule has 0 aliphatic carbocycles. The van der Waals surface area contributed by atoms with Crippen LogP contribution in [0.15, 0.2) is 36.4 Å².